The van der Waals surface area contributed by atoms with Crippen LogP contribution in [0.5, 0.6) is 0 Å². The fourth-order valence-electron chi connectivity index (χ4n) is 1.92. The van der Waals surface area contributed by atoms with Gasteiger partial charge in [-0.25, -0.2) is 0 Å². The van der Waals surface area contributed by atoms with Crippen LogP contribution in [0, 0.1) is 13.8 Å². The van der Waals surface area contributed by atoms with Gasteiger partial charge in [0.05, 0.1) is 10.6 Å². The van der Waals surface area contributed by atoms with Crippen molar-refractivity contribution < 1.29 is 4.42 Å². The molecule has 18 heavy (non-hydrogen) atoms. The Morgan fingerprint density at radius 1 is 1.39 bits per heavy atom. The molecule has 0 aliphatic heterocycles. The lowest BCUT2D eigenvalue weighted by Gasteiger charge is -2.15. The van der Waals surface area contributed by atoms with Crippen LogP contribution >= 0.6 is 22.9 Å². The van der Waals surface area contributed by atoms with Crippen molar-refractivity contribution in [2.75, 3.05) is 6.54 Å². The van der Waals surface area contributed by atoms with Crippen LogP contribution < -0.4 is 5.32 Å². The Kier molecular flexibility index (Phi) is 4.49. The minimum Gasteiger partial charge on any atom is -0.467 e. The Hall–Kier alpha value is -0.770. The highest BCUT2D eigenvalue weighted by molar-refractivity contribution is 7.16. The summed E-state index contributed by atoms with van der Waals surface area (Å²) in [5.41, 5.74) is 2.30. The van der Waals surface area contributed by atoms with E-state index in [2.05, 4.69) is 25.2 Å². The maximum Gasteiger partial charge on any atom is 0.128 e. The zero-order chi connectivity index (χ0) is 13.1. The van der Waals surface area contributed by atoms with Crippen molar-refractivity contribution in [3.05, 3.63) is 44.5 Å². The molecule has 0 amide bonds. The smallest absolute Gasteiger partial charge is 0.128 e. The van der Waals surface area contributed by atoms with E-state index in [0.29, 0.717) is 0 Å². The number of furan rings is 1. The zero-order valence-electron chi connectivity index (χ0n) is 10.9. The van der Waals surface area contributed by atoms with E-state index >= 15 is 0 Å². The first-order chi connectivity index (χ1) is 8.63. The second-order valence-electron chi connectivity index (χ2n) is 4.46. The second kappa shape index (κ2) is 5.91. The van der Waals surface area contributed by atoms with Crippen molar-refractivity contribution in [2.24, 2.45) is 0 Å². The van der Waals surface area contributed by atoms with Gasteiger partial charge in [0.1, 0.15) is 11.8 Å². The standard InChI is InChI=1S/C14H18ClNOS/c1-4-6-16-12(13-9(2)5-7-17-13)11-8-10(3)14(15)18-11/h5,7-8,12,16H,4,6H2,1-3H3. The average molecular weight is 284 g/mol. The Balaban J connectivity index is 2.33. The van der Waals surface area contributed by atoms with Crippen LogP contribution in [0.1, 0.15) is 41.2 Å². The highest BCUT2D eigenvalue weighted by atomic mass is 35.5. The zero-order valence-corrected chi connectivity index (χ0v) is 12.5. The van der Waals surface area contributed by atoms with E-state index in [4.69, 9.17) is 16.0 Å². The first-order valence-electron chi connectivity index (χ1n) is 6.16. The number of aryl methyl sites for hydroxylation is 2. The first-order valence-corrected chi connectivity index (χ1v) is 7.36. The molecule has 0 fully saturated rings. The monoisotopic (exact) mass is 283 g/mol. The van der Waals surface area contributed by atoms with Crippen molar-refractivity contribution in [2.45, 2.75) is 33.2 Å². The Bertz CT molecular complexity index is 498. The molecule has 0 saturated carbocycles. The highest BCUT2D eigenvalue weighted by Gasteiger charge is 2.21. The topological polar surface area (TPSA) is 25.2 Å². The predicted octanol–water partition coefficient (Wildman–Crippen LogP) is 4.70. The maximum atomic E-state index is 6.17. The number of hydrogen-bond donors (Lipinski definition) is 1. The largest absolute Gasteiger partial charge is 0.467 e. The molecule has 0 bridgehead atoms. The molecule has 0 aliphatic rings. The summed E-state index contributed by atoms with van der Waals surface area (Å²) in [5.74, 6) is 0.987. The molecular formula is C14H18ClNOS. The van der Waals surface area contributed by atoms with E-state index < -0.39 is 0 Å². The minimum absolute atomic E-state index is 0.108. The van der Waals surface area contributed by atoms with Gasteiger partial charge in [-0.2, -0.15) is 0 Å². The molecule has 2 nitrogen and oxygen atoms in total. The molecule has 2 rings (SSSR count). The second-order valence-corrected chi connectivity index (χ2v) is 6.15. The van der Waals surface area contributed by atoms with Crippen LogP contribution in [0.25, 0.3) is 0 Å². The maximum absolute atomic E-state index is 6.17. The van der Waals surface area contributed by atoms with Gasteiger partial charge in [0.25, 0.3) is 0 Å². The van der Waals surface area contributed by atoms with E-state index in [-0.39, 0.29) is 6.04 Å². The summed E-state index contributed by atoms with van der Waals surface area (Å²) in [7, 11) is 0. The average Bonchev–Trinajstić information content (AvgIpc) is 2.88. The third-order valence-electron chi connectivity index (χ3n) is 2.92. The number of hydrogen-bond acceptors (Lipinski definition) is 3. The molecule has 0 spiro atoms. The number of nitrogens with one attached hydrogen (secondary N) is 1. The van der Waals surface area contributed by atoms with Crippen LogP contribution in [0.4, 0.5) is 0 Å². The summed E-state index contributed by atoms with van der Waals surface area (Å²) in [5, 5.41) is 3.53. The molecule has 0 radical (unpaired) electrons. The fourth-order valence-corrected chi connectivity index (χ4v) is 3.21. The third-order valence-corrected chi connectivity index (χ3v) is 4.54. The van der Waals surface area contributed by atoms with Crippen molar-refractivity contribution in [1.82, 2.24) is 5.32 Å². The van der Waals surface area contributed by atoms with E-state index in [0.717, 1.165) is 28.6 Å². The number of rotatable bonds is 5. The molecule has 0 aliphatic carbocycles. The summed E-state index contributed by atoms with van der Waals surface area (Å²) in [6, 6.07) is 4.25. The molecule has 98 valence electrons. The molecule has 0 aromatic carbocycles. The van der Waals surface area contributed by atoms with Gasteiger partial charge >= 0.3 is 0 Å². The molecule has 2 aromatic heterocycles. The lowest BCUT2D eigenvalue weighted by Crippen LogP contribution is -2.22. The van der Waals surface area contributed by atoms with Gasteiger partial charge in [-0.3, -0.25) is 0 Å². The summed E-state index contributed by atoms with van der Waals surface area (Å²) >= 11 is 7.79. The predicted molar refractivity (Wildman–Crippen MR) is 77.6 cm³/mol. The Labute approximate surface area is 117 Å². The molecule has 2 heterocycles. The van der Waals surface area contributed by atoms with Crippen molar-refractivity contribution in [3.63, 3.8) is 0 Å². The first kappa shape index (κ1) is 13.7. The van der Waals surface area contributed by atoms with Crippen LogP contribution in [0.15, 0.2) is 22.8 Å². The SMILES string of the molecule is CCCNC(c1cc(C)c(Cl)s1)c1occc1C. The van der Waals surface area contributed by atoms with E-state index in [1.54, 1.807) is 17.6 Å². The Morgan fingerprint density at radius 3 is 2.67 bits per heavy atom. The molecule has 1 atom stereocenters. The van der Waals surface area contributed by atoms with Gasteiger partial charge in [-0.05, 0) is 50.1 Å². The third kappa shape index (κ3) is 2.79. The summed E-state index contributed by atoms with van der Waals surface area (Å²) < 4.78 is 6.49. The van der Waals surface area contributed by atoms with Crippen LogP contribution in [-0.4, -0.2) is 6.54 Å². The van der Waals surface area contributed by atoms with Gasteiger partial charge in [-0.15, -0.1) is 11.3 Å². The lowest BCUT2D eigenvalue weighted by molar-refractivity contribution is 0.447. The molecule has 1 unspecified atom stereocenters. The normalized spacial score (nSPS) is 12.9. The van der Waals surface area contributed by atoms with E-state index in [1.807, 2.05) is 13.0 Å². The number of halogens is 1. The molecule has 0 saturated heterocycles. The summed E-state index contributed by atoms with van der Waals surface area (Å²) in [6.45, 7) is 7.22. The number of thiophene rings is 1. The van der Waals surface area contributed by atoms with Gasteiger partial charge in [-0.1, -0.05) is 18.5 Å². The summed E-state index contributed by atoms with van der Waals surface area (Å²) in [4.78, 5) is 1.21. The van der Waals surface area contributed by atoms with Gasteiger partial charge < -0.3 is 9.73 Å². The van der Waals surface area contributed by atoms with E-state index in [1.165, 1.54) is 10.4 Å². The Morgan fingerprint density at radius 2 is 2.17 bits per heavy atom. The van der Waals surface area contributed by atoms with Crippen LogP contribution in [0.2, 0.25) is 4.34 Å². The van der Waals surface area contributed by atoms with Gasteiger partial charge in [0.15, 0.2) is 0 Å². The van der Waals surface area contributed by atoms with Crippen LogP contribution in [0.3, 0.4) is 0 Å². The molecule has 4 heteroatoms. The van der Waals surface area contributed by atoms with Crippen molar-refractivity contribution >= 4 is 22.9 Å². The van der Waals surface area contributed by atoms with Gasteiger partial charge in [0, 0.05) is 4.88 Å². The molecule has 2 aromatic rings. The summed E-state index contributed by atoms with van der Waals surface area (Å²) in [6.07, 6.45) is 2.84. The fraction of sp³-hybridized carbons (Fsp3) is 0.429. The van der Waals surface area contributed by atoms with E-state index in [9.17, 15) is 0 Å². The van der Waals surface area contributed by atoms with Crippen molar-refractivity contribution in [1.29, 1.82) is 0 Å². The quantitative estimate of drug-likeness (QED) is 0.860. The van der Waals surface area contributed by atoms with Gasteiger partial charge in [0.2, 0.25) is 0 Å². The minimum atomic E-state index is 0.108. The molecular weight excluding hydrogens is 266 g/mol. The van der Waals surface area contributed by atoms with Crippen molar-refractivity contribution in [3.8, 4) is 0 Å². The highest BCUT2D eigenvalue weighted by Crippen LogP contribution is 2.35. The lowest BCUT2D eigenvalue weighted by atomic mass is 10.1. The molecule has 1 N–H and O–H groups in total. The van der Waals surface area contributed by atoms with Crippen LogP contribution in [-0.2, 0) is 0 Å².